The molecule has 0 bridgehead atoms. The predicted molar refractivity (Wildman–Crippen MR) is 99.4 cm³/mol. The molecule has 27 heavy (non-hydrogen) atoms. The van der Waals surface area contributed by atoms with Crippen LogP contribution in [-0.2, 0) is 11.2 Å². The molecule has 1 N–H and O–H groups in total. The van der Waals surface area contributed by atoms with Gasteiger partial charge in [-0.1, -0.05) is 24.3 Å². The number of aryl methyl sites for hydroxylation is 1. The first-order valence-corrected chi connectivity index (χ1v) is 9.19. The van der Waals surface area contributed by atoms with Crippen molar-refractivity contribution in [2.24, 2.45) is 0 Å². The molecule has 0 atom stereocenters. The van der Waals surface area contributed by atoms with Crippen molar-refractivity contribution >= 4 is 11.6 Å². The summed E-state index contributed by atoms with van der Waals surface area (Å²) < 4.78 is 35.3. The van der Waals surface area contributed by atoms with E-state index < -0.39 is 6.61 Å². The maximum Gasteiger partial charge on any atom is 0.387 e. The van der Waals surface area contributed by atoms with E-state index in [1.165, 1.54) is 25.0 Å². The Balaban J connectivity index is 1.53. The number of nitrogens with one attached hydrogen (secondary N) is 1. The molecule has 0 heterocycles. The molecule has 6 heteroatoms. The zero-order valence-electron chi connectivity index (χ0n) is 15.0. The van der Waals surface area contributed by atoms with Gasteiger partial charge in [-0.15, -0.1) is 0 Å². The monoisotopic (exact) mass is 375 g/mol. The predicted octanol–water partition coefficient (Wildman–Crippen LogP) is 5.18. The smallest absolute Gasteiger partial charge is 0.387 e. The summed E-state index contributed by atoms with van der Waals surface area (Å²) in [6.45, 7) is -2.94. The Morgan fingerprint density at radius 3 is 2.67 bits per heavy atom. The molecule has 0 radical (unpaired) electrons. The van der Waals surface area contributed by atoms with Gasteiger partial charge in [-0.3, -0.25) is 4.79 Å². The molecule has 3 rings (SSSR count). The SMILES string of the molecule is O=C(CCc1cccc(OC2CCCC2)c1)Nc1ccccc1OC(F)F. The molecule has 0 aromatic heterocycles. The minimum atomic E-state index is -2.94. The summed E-state index contributed by atoms with van der Waals surface area (Å²) in [4.78, 5) is 12.2. The number of ether oxygens (including phenoxy) is 2. The molecule has 1 aliphatic rings. The molecule has 4 nitrogen and oxygen atoms in total. The fraction of sp³-hybridized carbons (Fsp3) is 0.381. The topological polar surface area (TPSA) is 47.6 Å². The fourth-order valence-electron chi connectivity index (χ4n) is 3.21. The average Bonchev–Trinajstić information content (AvgIpc) is 3.15. The molecule has 0 unspecified atom stereocenters. The molecule has 1 aliphatic carbocycles. The number of carbonyl (C=O) groups is 1. The Labute approximate surface area is 157 Å². The highest BCUT2D eigenvalue weighted by Gasteiger charge is 2.16. The van der Waals surface area contributed by atoms with Gasteiger partial charge in [0.05, 0.1) is 11.8 Å². The molecular weight excluding hydrogens is 352 g/mol. The van der Waals surface area contributed by atoms with E-state index in [-0.39, 0.29) is 29.9 Å². The standard InChI is InChI=1S/C21H23F2NO3/c22-21(23)27-19-11-4-3-10-18(19)24-20(25)13-12-15-6-5-9-17(14-15)26-16-7-1-2-8-16/h3-6,9-11,14,16,21H,1-2,7-8,12-13H2,(H,24,25). The number of para-hydroxylation sites is 2. The van der Waals surface area contributed by atoms with E-state index in [4.69, 9.17) is 4.74 Å². The Morgan fingerprint density at radius 1 is 1.11 bits per heavy atom. The van der Waals surface area contributed by atoms with Gasteiger partial charge in [-0.2, -0.15) is 8.78 Å². The largest absolute Gasteiger partial charge is 0.490 e. The van der Waals surface area contributed by atoms with Crippen LogP contribution in [0.2, 0.25) is 0 Å². The van der Waals surface area contributed by atoms with Crippen LogP contribution in [0.15, 0.2) is 48.5 Å². The molecule has 1 saturated carbocycles. The third-order valence-corrected chi connectivity index (χ3v) is 4.52. The van der Waals surface area contributed by atoms with Gasteiger partial charge in [0.2, 0.25) is 5.91 Å². The van der Waals surface area contributed by atoms with Crippen LogP contribution in [0, 0.1) is 0 Å². The van der Waals surface area contributed by atoms with Gasteiger partial charge >= 0.3 is 6.61 Å². The van der Waals surface area contributed by atoms with E-state index in [1.807, 2.05) is 24.3 Å². The molecule has 1 fully saturated rings. The lowest BCUT2D eigenvalue weighted by Gasteiger charge is -2.14. The van der Waals surface area contributed by atoms with Crippen LogP contribution in [0.3, 0.4) is 0 Å². The minimum absolute atomic E-state index is 0.0483. The first-order valence-electron chi connectivity index (χ1n) is 9.19. The van der Waals surface area contributed by atoms with Crippen LogP contribution in [0.25, 0.3) is 0 Å². The van der Waals surface area contributed by atoms with E-state index in [0.29, 0.717) is 6.42 Å². The number of benzene rings is 2. The van der Waals surface area contributed by atoms with Crippen molar-refractivity contribution in [3.8, 4) is 11.5 Å². The Kier molecular flexibility index (Phi) is 6.63. The highest BCUT2D eigenvalue weighted by atomic mass is 19.3. The highest BCUT2D eigenvalue weighted by Crippen LogP contribution is 2.26. The van der Waals surface area contributed by atoms with Gasteiger partial charge in [-0.05, 0) is 61.9 Å². The van der Waals surface area contributed by atoms with Crippen molar-refractivity contribution in [2.75, 3.05) is 5.32 Å². The normalized spacial score (nSPS) is 14.3. The first kappa shape index (κ1) is 19.1. The zero-order valence-corrected chi connectivity index (χ0v) is 15.0. The number of rotatable bonds is 8. The number of hydrogen-bond donors (Lipinski definition) is 1. The van der Waals surface area contributed by atoms with Crippen molar-refractivity contribution in [1.29, 1.82) is 0 Å². The molecule has 0 spiro atoms. The summed E-state index contributed by atoms with van der Waals surface area (Å²) in [5.74, 6) is 0.519. The van der Waals surface area contributed by atoms with Gasteiger partial charge in [-0.25, -0.2) is 0 Å². The minimum Gasteiger partial charge on any atom is -0.490 e. The van der Waals surface area contributed by atoms with Crippen LogP contribution in [0.4, 0.5) is 14.5 Å². The summed E-state index contributed by atoms with van der Waals surface area (Å²) in [6, 6.07) is 13.9. The number of anilines is 1. The van der Waals surface area contributed by atoms with Gasteiger partial charge in [0, 0.05) is 6.42 Å². The van der Waals surface area contributed by atoms with Gasteiger partial charge in [0.25, 0.3) is 0 Å². The lowest BCUT2D eigenvalue weighted by Crippen LogP contribution is -2.14. The molecule has 2 aromatic rings. The van der Waals surface area contributed by atoms with E-state index >= 15 is 0 Å². The van der Waals surface area contributed by atoms with Crippen molar-refractivity contribution in [1.82, 2.24) is 0 Å². The summed E-state index contributed by atoms with van der Waals surface area (Å²) in [5.41, 5.74) is 1.24. The molecular formula is C21H23F2NO3. The quantitative estimate of drug-likeness (QED) is 0.691. The van der Waals surface area contributed by atoms with Crippen LogP contribution in [-0.4, -0.2) is 18.6 Å². The first-order chi connectivity index (χ1) is 13.1. The summed E-state index contributed by atoms with van der Waals surface area (Å²) in [7, 11) is 0. The van der Waals surface area contributed by atoms with Crippen LogP contribution < -0.4 is 14.8 Å². The highest BCUT2D eigenvalue weighted by molar-refractivity contribution is 5.92. The molecule has 144 valence electrons. The van der Waals surface area contributed by atoms with Crippen molar-refractivity contribution in [3.05, 3.63) is 54.1 Å². The summed E-state index contributed by atoms with van der Waals surface area (Å²) in [5, 5.41) is 2.63. The van der Waals surface area contributed by atoms with Gasteiger partial charge in [0.15, 0.2) is 0 Å². The second-order valence-electron chi connectivity index (χ2n) is 6.59. The number of carbonyl (C=O) groups excluding carboxylic acids is 1. The maximum absolute atomic E-state index is 12.4. The summed E-state index contributed by atoms with van der Waals surface area (Å²) >= 11 is 0. The lowest BCUT2D eigenvalue weighted by molar-refractivity contribution is -0.116. The number of hydrogen-bond acceptors (Lipinski definition) is 3. The molecule has 1 amide bonds. The fourth-order valence-corrected chi connectivity index (χ4v) is 3.21. The van der Waals surface area contributed by atoms with Crippen molar-refractivity contribution in [2.45, 2.75) is 51.2 Å². The number of amides is 1. The average molecular weight is 375 g/mol. The lowest BCUT2D eigenvalue weighted by atomic mass is 10.1. The van der Waals surface area contributed by atoms with E-state index in [1.54, 1.807) is 12.1 Å². The van der Waals surface area contributed by atoms with Crippen molar-refractivity contribution in [3.63, 3.8) is 0 Å². The third-order valence-electron chi connectivity index (χ3n) is 4.52. The van der Waals surface area contributed by atoms with E-state index in [9.17, 15) is 13.6 Å². The maximum atomic E-state index is 12.4. The molecule has 0 saturated heterocycles. The second-order valence-corrected chi connectivity index (χ2v) is 6.59. The van der Waals surface area contributed by atoms with Crippen molar-refractivity contribution < 1.29 is 23.0 Å². The molecule has 0 aliphatic heterocycles. The Hall–Kier alpha value is -2.63. The summed E-state index contributed by atoms with van der Waals surface area (Å²) in [6.07, 6.45) is 5.65. The Morgan fingerprint density at radius 2 is 1.89 bits per heavy atom. The number of alkyl halides is 2. The van der Waals surface area contributed by atoms with Crippen LogP contribution in [0.5, 0.6) is 11.5 Å². The second kappa shape index (κ2) is 9.35. The number of halogens is 2. The van der Waals surface area contributed by atoms with E-state index in [0.717, 1.165) is 24.2 Å². The van der Waals surface area contributed by atoms with Crippen LogP contribution in [0.1, 0.15) is 37.7 Å². The van der Waals surface area contributed by atoms with Gasteiger partial charge < -0.3 is 14.8 Å². The Bertz CT molecular complexity index is 761. The van der Waals surface area contributed by atoms with Gasteiger partial charge in [0.1, 0.15) is 11.5 Å². The molecule has 2 aromatic carbocycles. The zero-order chi connectivity index (χ0) is 19.1. The van der Waals surface area contributed by atoms with E-state index in [2.05, 4.69) is 10.1 Å². The van der Waals surface area contributed by atoms with Crippen LogP contribution >= 0.6 is 0 Å². The third kappa shape index (κ3) is 5.94.